The molecule has 0 saturated heterocycles. The van der Waals surface area contributed by atoms with Crippen molar-refractivity contribution in [3.63, 3.8) is 0 Å². The molecular weight excluding hydrogens is 214 g/mol. The van der Waals surface area contributed by atoms with Gasteiger partial charge in [-0.1, -0.05) is 18.5 Å². The quantitative estimate of drug-likeness (QED) is 0.722. The van der Waals surface area contributed by atoms with Crippen molar-refractivity contribution in [2.45, 2.75) is 13.3 Å². The molecule has 0 saturated carbocycles. The van der Waals surface area contributed by atoms with Gasteiger partial charge < -0.3 is 9.64 Å². The summed E-state index contributed by atoms with van der Waals surface area (Å²) in [6.07, 6.45) is 0.783. The Morgan fingerprint density at radius 3 is 2.80 bits per heavy atom. The van der Waals surface area contributed by atoms with Gasteiger partial charge in [-0.05, 0) is 0 Å². The maximum atomic E-state index is 5.90. The summed E-state index contributed by atoms with van der Waals surface area (Å²) >= 11 is 5.90. The fourth-order valence-corrected chi connectivity index (χ4v) is 1.34. The molecule has 15 heavy (non-hydrogen) atoms. The van der Waals surface area contributed by atoms with Crippen molar-refractivity contribution in [3.8, 4) is 0 Å². The van der Waals surface area contributed by atoms with Crippen LogP contribution in [0, 0.1) is 0 Å². The zero-order valence-electron chi connectivity index (χ0n) is 9.33. The van der Waals surface area contributed by atoms with E-state index in [2.05, 4.69) is 9.97 Å². The molecule has 0 aliphatic carbocycles. The van der Waals surface area contributed by atoms with Crippen LogP contribution < -0.4 is 4.90 Å². The van der Waals surface area contributed by atoms with Gasteiger partial charge in [-0.15, -0.1) is 0 Å². The lowest BCUT2D eigenvalue weighted by Crippen LogP contribution is -2.23. The molecule has 1 aromatic rings. The van der Waals surface area contributed by atoms with Crippen molar-refractivity contribution in [3.05, 3.63) is 17.0 Å². The molecule has 0 unspecified atom stereocenters. The van der Waals surface area contributed by atoms with Gasteiger partial charge in [0.2, 0.25) is 0 Å². The lowest BCUT2D eigenvalue weighted by Gasteiger charge is -2.18. The number of halogens is 1. The van der Waals surface area contributed by atoms with Crippen molar-refractivity contribution in [1.82, 2.24) is 9.97 Å². The Morgan fingerprint density at radius 1 is 1.47 bits per heavy atom. The molecule has 1 aromatic heterocycles. The molecule has 5 heteroatoms. The van der Waals surface area contributed by atoms with Crippen LogP contribution in [0.25, 0.3) is 0 Å². The highest BCUT2D eigenvalue weighted by molar-refractivity contribution is 6.29. The fourth-order valence-electron chi connectivity index (χ4n) is 1.15. The summed E-state index contributed by atoms with van der Waals surface area (Å²) < 4.78 is 5.00. The molecule has 0 N–H and O–H groups in total. The van der Waals surface area contributed by atoms with Gasteiger partial charge in [0.15, 0.2) is 0 Å². The number of aromatic nitrogens is 2. The minimum Gasteiger partial charge on any atom is -0.383 e. The minimum absolute atomic E-state index is 0.487. The lowest BCUT2D eigenvalue weighted by molar-refractivity contribution is 0.206. The zero-order valence-corrected chi connectivity index (χ0v) is 10.1. The van der Waals surface area contributed by atoms with Gasteiger partial charge in [0.25, 0.3) is 0 Å². The molecule has 1 heterocycles. The molecule has 0 fully saturated rings. The SMILES string of the molecule is CCc1nc(Cl)cc(N(C)CCOC)n1. The van der Waals surface area contributed by atoms with E-state index in [-0.39, 0.29) is 0 Å². The number of likely N-dealkylation sites (N-methyl/N-ethyl adjacent to an activating group) is 1. The lowest BCUT2D eigenvalue weighted by atomic mass is 10.4. The number of methoxy groups -OCH3 is 1. The first-order valence-electron chi connectivity index (χ1n) is 4.91. The molecule has 0 radical (unpaired) electrons. The fraction of sp³-hybridized carbons (Fsp3) is 0.600. The van der Waals surface area contributed by atoms with Gasteiger partial charge in [-0.2, -0.15) is 0 Å². The monoisotopic (exact) mass is 229 g/mol. The number of rotatable bonds is 5. The van der Waals surface area contributed by atoms with E-state index in [4.69, 9.17) is 16.3 Å². The van der Waals surface area contributed by atoms with Crippen molar-refractivity contribution < 1.29 is 4.74 Å². The Morgan fingerprint density at radius 2 is 2.20 bits per heavy atom. The number of aryl methyl sites for hydroxylation is 1. The van der Waals surface area contributed by atoms with Crippen LogP contribution in [-0.2, 0) is 11.2 Å². The van der Waals surface area contributed by atoms with Gasteiger partial charge in [-0.3, -0.25) is 0 Å². The number of nitrogens with zero attached hydrogens (tertiary/aromatic N) is 3. The van der Waals surface area contributed by atoms with Gasteiger partial charge in [0.1, 0.15) is 16.8 Å². The van der Waals surface area contributed by atoms with Crippen molar-refractivity contribution >= 4 is 17.4 Å². The Bertz CT molecular complexity index is 320. The highest BCUT2D eigenvalue weighted by atomic mass is 35.5. The van der Waals surface area contributed by atoms with Crippen LogP contribution in [0.2, 0.25) is 5.15 Å². The van der Waals surface area contributed by atoms with E-state index in [1.165, 1.54) is 0 Å². The third-order valence-corrected chi connectivity index (χ3v) is 2.26. The van der Waals surface area contributed by atoms with Gasteiger partial charge in [0, 0.05) is 33.2 Å². The summed E-state index contributed by atoms with van der Waals surface area (Å²) in [4.78, 5) is 10.5. The Kier molecular flexibility index (Phi) is 4.78. The summed E-state index contributed by atoms with van der Waals surface area (Å²) in [6.45, 7) is 3.46. The number of ether oxygens (including phenoxy) is 1. The molecule has 0 aromatic carbocycles. The highest BCUT2D eigenvalue weighted by Crippen LogP contribution is 2.14. The molecule has 0 amide bonds. The van der Waals surface area contributed by atoms with Crippen LogP contribution in [0.5, 0.6) is 0 Å². The van der Waals surface area contributed by atoms with E-state index < -0.39 is 0 Å². The maximum absolute atomic E-state index is 5.90. The average molecular weight is 230 g/mol. The summed E-state index contributed by atoms with van der Waals surface area (Å²) in [5.41, 5.74) is 0. The Hall–Kier alpha value is -0.870. The molecule has 84 valence electrons. The maximum Gasteiger partial charge on any atom is 0.134 e. The van der Waals surface area contributed by atoms with Crippen molar-refractivity contribution in [1.29, 1.82) is 0 Å². The summed E-state index contributed by atoms with van der Waals surface area (Å²) in [6, 6.07) is 1.76. The standard InChI is InChI=1S/C10H16ClN3O/c1-4-9-12-8(11)7-10(13-9)14(2)5-6-15-3/h7H,4-6H2,1-3H3. The predicted molar refractivity (Wildman–Crippen MR) is 61.6 cm³/mol. The molecule has 0 atom stereocenters. The third-order valence-electron chi connectivity index (χ3n) is 2.07. The van der Waals surface area contributed by atoms with E-state index in [9.17, 15) is 0 Å². The smallest absolute Gasteiger partial charge is 0.134 e. The van der Waals surface area contributed by atoms with Gasteiger partial charge in [0.05, 0.1) is 6.61 Å². The van der Waals surface area contributed by atoms with Crippen LogP contribution in [-0.4, -0.2) is 37.3 Å². The second kappa shape index (κ2) is 5.88. The molecule has 0 aliphatic heterocycles. The third kappa shape index (κ3) is 3.64. The van der Waals surface area contributed by atoms with E-state index in [0.717, 1.165) is 24.6 Å². The van der Waals surface area contributed by atoms with E-state index in [1.807, 2.05) is 18.9 Å². The van der Waals surface area contributed by atoms with E-state index >= 15 is 0 Å². The molecule has 4 nitrogen and oxygen atoms in total. The van der Waals surface area contributed by atoms with Crippen molar-refractivity contribution in [2.75, 3.05) is 32.2 Å². The second-order valence-corrected chi connectivity index (χ2v) is 3.62. The number of anilines is 1. The van der Waals surface area contributed by atoms with Crippen molar-refractivity contribution in [2.24, 2.45) is 0 Å². The van der Waals surface area contributed by atoms with Crippen LogP contribution >= 0.6 is 11.6 Å². The highest BCUT2D eigenvalue weighted by Gasteiger charge is 2.06. The summed E-state index contributed by atoms with van der Waals surface area (Å²) in [7, 11) is 3.63. The topological polar surface area (TPSA) is 38.2 Å². The van der Waals surface area contributed by atoms with Gasteiger partial charge in [-0.25, -0.2) is 9.97 Å². The predicted octanol–water partition coefficient (Wildman–Crippen LogP) is 1.77. The van der Waals surface area contributed by atoms with E-state index in [0.29, 0.717) is 11.8 Å². The van der Waals surface area contributed by atoms with Gasteiger partial charge >= 0.3 is 0 Å². The van der Waals surface area contributed by atoms with Crippen LogP contribution in [0.3, 0.4) is 0 Å². The molecule has 1 rings (SSSR count). The average Bonchev–Trinajstić information content (AvgIpc) is 2.24. The van der Waals surface area contributed by atoms with E-state index in [1.54, 1.807) is 13.2 Å². The molecular formula is C10H16ClN3O. The normalized spacial score (nSPS) is 10.4. The van der Waals surface area contributed by atoms with Crippen LogP contribution in [0.4, 0.5) is 5.82 Å². The molecule has 0 bridgehead atoms. The summed E-state index contributed by atoms with van der Waals surface area (Å²) in [5, 5.41) is 0.487. The number of hydrogen-bond acceptors (Lipinski definition) is 4. The largest absolute Gasteiger partial charge is 0.383 e. The number of hydrogen-bond donors (Lipinski definition) is 0. The molecule has 0 aliphatic rings. The Balaban J connectivity index is 2.78. The minimum atomic E-state index is 0.487. The summed E-state index contributed by atoms with van der Waals surface area (Å²) in [5.74, 6) is 1.60. The first kappa shape index (κ1) is 12.2. The Labute approximate surface area is 95.2 Å². The van der Waals surface area contributed by atoms with Crippen LogP contribution in [0.1, 0.15) is 12.7 Å². The first-order chi connectivity index (χ1) is 7.17. The molecule has 0 spiro atoms. The second-order valence-electron chi connectivity index (χ2n) is 3.23. The van der Waals surface area contributed by atoms with Crippen LogP contribution in [0.15, 0.2) is 6.07 Å². The first-order valence-corrected chi connectivity index (χ1v) is 5.28. The zero-order chi connectivity index (χ0) is 11.3.